The van der Waals surface area contributed by atoms with E-state index < -0.39 is 0 Å². The predicted octanol–water partition coefficient (Wildman–Crippen LogP) is 3.92. The van der Waals surface area contributed by atoms with Crippen LogP contribution >= 0.6 is 0 Å². The average molecular weight is 325 g/mol. The molecule has 0 saturated carbocycles. The second kappa shape index (κ2) is 6.70. The first-order chi connectivity index (χ1) is 11.6. The molecule has 0 radical (unpaired) electrons. The monoisotopic (exact) mass is 325 g/mol. The van der Waals surface area contributed by atoms with E-state index in [0.29, 0.717) is 28.4 Å². The van der Waals surface area contributed by atoms with Gasteiger partial charge in [0.1, 0.15) is 5.52 Å². The van der Waals surface area contributed by atoms with Crippen molar-refractivity contribution in [1.29, 1.82) is 0 Å². The molecule has 3 aromatic rings. The summed E-state index contributed by atoms with van der Waals surface area (Å²) in [6.07, 6.45) is 2.32. The molecule has 0 bridgehead atoms. The highest BCUT2D eigenvalue weighted by Gasteiger charge is 2.15. The minimum absolute atomic E-state index is 0.00142. The highest BCUT2D eigenvalue weighted by atomic mass is 16.5. The fraction of sp³-hybridized carbons (Fsp3) is 0.278. The Kier molecular flexibility index (Phi) is 4.46. The van der Waals surface area contributed by atoms with Crippen LogP contribution in [0.15, 0.2) is 34.9 Å². The molecule has 124 valence electrons. The number of hydrogen-bond acceptors (Lipinski definition) is 6. The summed E-state index contributed by atoms with van der Waals surface area (Å²) >= 11 is 0. The molecule has 2 aromatic heterocycles. The van der Waals surface area contributed by atoms with Gasteiger partial charge in [0, 0.05) is 23.9 Å². The number of aldehydes is 1. The topological polar surface area (TPSA) is 77.2 Å². The first-order valence-corrected chi connectivity index (χ1v) is 7.87. The number of aromatic nitrogens is 2. The molecule has 6 heteroatoms. The summed E-state index contributed by atoms with van der Waals surface area (Å²) in [5.74, 6) is 0.621. The van der Waals surface area contributed by atoms with E-state index in [2.05, 4.69) is 15.3 Å². The fourth-order valence-corrected chi connectivity index (χ4v) is 2.36. The van der Waals surface area contributed by atoms with E-state index in [4.69, 9.17) is 9.15 Å². The quantitative estimate of drug-likeness (QED) is 0.692. The highest BCUT2D eigenvalue weighted by molar-refractivity contribution is 5.86. The standard InChI is InChI=1S/C18H19N3O3/c1-4-19-18-21-15-7-13(14-6-5-12(10-22)9-20-14)8-16(17(15)24-18)23-11(2)3/h5-11H,4H2,1-3H3,(H,19,21). The average Bonchev–Trinajstić information content (AvgIpc) is 2.97. The summed E-state index contributed by atoms with van der Waals surface area (Å²) in [5, 5.41) is 3.06. The highest BCUT2D eigenvalue weighted by Crippen LogP contribution is 2.34. The number of anilines is 1. The SMILES string of the molecule is CCNc1nc2cc(-c3ccc(C=O)cn3)cc(OC(C)C)c2o1. The molecule has 0 atom stereocenters. The third-order valence-electron chi connectivity index (χ3n) is 3.36. The van der Waals surface area contributed by atoms with Crippen molar-refractivity contribution < 1.29 is 13.9 Å². The zero-order valence-electron chi connectivity index (χ0n) is 13.9. The van der Waals surface area contributed by atoms with Crippen LogP contribution in [-0.4, -0.2) is 28.9 Å². The smallest absolute Gasteiger partial charge is 0.295 e. The molecular weight excluding hydrogens is 306 g/mol. The second-order valence-electron chi connectivity index (χ2n) is 5.63. The maximum absolute atomic E-state index is 10.8. The number of ether oxygens (including phenoxy) is 1. The Balaban J connectivity index is 2.11. The van der Waals surface area contributed by atoms with Crippen LogP contribution in [0.2, 0.25) is 0 Å². The molecule has 3 rings (SSSR count). The first kappa shape index (κ1) is 16.0. The molecule has 0 spiro atoms. The molecule has 2 heterocycles. The van der Waals surface area contributed by atoms with E-state index in [1.165, 1.54) is 0 Å². The van der Waals surface area contributed by atoms with Gasteiger partial charge in [-0.05, 0) is 45.0 Å². The third-order valence-corrected chi connectivity index (χ3v) is 3.36. The van der Waals surface area contributed by atoms with Crippen LogP contribution in [0.5, 0.6) is 5.75 Å². The van der Waals surface area contributed by atoms with E-state index in [0.717, 1.165) is 24.1 Å². The number of benzene rings is 1. The van der Waals surface area contributed by atoms with Gasteiger partial charge in [-0.1, -0.05) is 0 Å². The zero-order chi connectivity index (χ0) is 17.1. The number of fused-ring (bicyclic) bond motifs is 1. The van der Waals surface area contributed by atoms with Gasteiger partial charge in [0.15, 0.2) is 17.6 Å². The van der Waals surface area contributed by atoms with Gasteiger partial charge in [-0.25, -0.2) is 0 Å². The first-order valence-electron chi connectivity index (χ1n) is 7.87. The largest absolute Gasteiger partial charge is 0.487 e. The zero-order valence-corrected chi connectivity index (χ0v) is 13.9. The van der Waals surface area contributed by atoms with Crippen LogP contribution in [0.3, 0.4) is 0 Å². The normalized spacial score (nSPS) is 11.0. The molecule has 0 fully saturated rings. The number of carbonyl (C=O) groups excluding carboxylic acids is 1. The molecule has 0 unspecified atom stereocenters. The van der Waals surface area contributed by atoms with Crippen LogP contribution < -0.4 is 10.1 Å². The number of nitrogens with zero attached hydrogens (tertiary/aromatic N) is 2. The van der Waals surface area contributed by atoms with Gasteiger partial charge in [-0.15, -0.1) is 0 Å². The van der Waals surface area contributed by atoms with Crippen LogP contribution in [0.25, 0.3) is 22.4 Å². The molecule has 1 N–H and O–H groups in total. The Morgan fingerprint density at radius 2 is 2.17 bits per heavy atom. The van der Waals surface area contributed by atoms with Crippen LogP contribution in [0.4, 0.5) is 6.01 Å². The lowest BCUT2D eigenvalue weighted by Gasteiger charge is -2.11. The van der Waals surface area contributed by atoms with Crippen molar-refractivity contribution in [3.63, 3.8) is 0 Å². The Labute approximate surface area is 139 Å². The third kappa shape index (κ3) is 3.22. The van der Waals surface area contributed by atoms with Gasteiger partial charge in [-0.3, -0.25) is 9.78 Å². The molecular formula is C18H19N3O3. The molecule has 0 aliphatic rings. The summed E-state index contributed by atoms with van der Waals surface area (Å²) in [4.78, 5) is 19.6. The molecule has 0 aliphatic carbocycles. The van der Waals surface area contributed by atoms with E-state index in [9.17, 15) is 4.79 Å². The minimum Gasteiger partial charge on any atom is -0.487 e. The number of hydrogen-bond donors (Lipinski definition) is 1. The Morgan fingerprint density at radius 1 is 1.33 bits per heavy atom. The van der Waals surface area contributed by atoms with Crippen molar-refractivity contribution in [1.82, 2.24) is 9.97 Å². The van der Waals surface area contributed by atoms with Gasteiger partial charge < -0.3 is 14.5 Å². The number of pyridine rings is 1. The number of rotatable bonds is 6. The Bertz CT molecular complexity index is 854. The lowest BCUT2D eigenvalue weighted by atomic mass is 10.1. The van der Waals surface area contributed by atoms with Crippen LogP contribution in [0.1, 0.15) is 31.1 Å². The van der Waals surface area contributed by atoms with E-state index >= 15 is 0 Å². The number of nitrogens with one attached hydrogen (secondary N) is 1. The van der Waals surface area contributed by atoms with Crippen molar-refractivity contribution in [2.24, 2.45) is 0 Å². The van der Waals surface area contributed by atoms with E-state index in [-0.39, 0.29) is 6.10 Å². The Morgan fingerprint density at radius 3 is 2.79 bits per heavy atom. The van der Waals surface area contributed by atoms with Gasteiger partial charge in [0.2, 0.25) is 0 Å². The maximum atomic E-state index is 10.8. The Hall–Kier alpha value is -2.89. The lowest BCUT2D eigenvalue weighted by Crippen LogP contribution is -2.05. The van der Waals surface area contributed by atoms with Crippen molar-refractivity contribution in [3.05, 3.63) is 36.0 Å². The van der Waals surface area contributed by atoms with Gasteiger partial charge in [0.05, 0.1) is 11.8 Å². The van der Waals surface area contributed by atoms with Gasteiger partial charge in [-0.2, -0.15) is 4.98 Å². The van der Waals surface area contributed by atoms with Gasteiger partial charge >= 0.3 is 0 Å². The maximum Gasteiger partial charge on any atom is 0.295 e. The molecule has 0 amide bonds. The van der Waals surface area contributed by atoms with Gasteiger partial charge in [0.25, 0.3) is 6.01 Å². The van der Waals surface area contributed by atoms with Crippen LogP contribution in [0, 0.1) is 0 Å². The van der Waals surface area contributed by atoms with Crippen molar-refractivity contribution >= 4 is 23.4 Å². The molecule has 0 aliphatic heterocycles. The molecule has 0 saturated heterocycles. The van der Waals surface area contributed by atoms with E-state index in [1.807, 2.05) is 32.9 Å². The summed E-state index contributed by atoms with van der Waals surface area (Å²) in [7, 11) is 0. The minimum atomic E-state index is 0.00142. The molecule has 6 nitrogen and oxygen atoms in total. The molecule has 1 aromatic carbocycles. The van der Waals surface area contributed by atoms with Crippen molar-refractivity contribution in [3.8, 4) is 17.0 Å². The predicted molar refractivity (Wildman–Crippen MR) is 92.6 cm³/mol. The van der Waals surface area contributed by atoms with E-state index in [1.54, 1.807) is 18.3 Å². The second-order valence-corrected chi connectivity index (χ2v) is 5.63. The van der Waals surface area contributed by atoms with Crippen LogP contribution in [-0.2, 0) is 0 Å². The summed E-state index contributed by atoms with van der Waals surface area (Å²) in [6, 6.07) is 7.77. The molecule has 24 heavy (non-hydrogen) atoms. The number of carbonyl (C=O) groups is 1. The summed E-state index contributed by atoms with van der Waals surface area (Å²) in [6.45, 7) is 6.60. The summed E-state index contributed by atoms with van der Waals surface area (Å²) < 4.78 is 11.6. The van der Waals surface area contributed by atoms with Crippen molar-refractivity contribution in [2.75, 3.05) is 11.9 Å². The summed E-state index contributed by atoms with van der Waals surface area (Å²) in [5.41, 5.74) is 3.43. The lowest BCUT2D eigenvalue weighted by molar-refractivity contribution is 0.112. The fourth-order valence-electron chi connectivity index (χ4n) is 2.36. The van der Waals surface area contributed by atoms with Crippen molar-refractivity contribution in [2.45, 2.75) is 26.9 Å². The number of oxazole rings is 1.